The van der Waals surface area contributed by atoms with Crippen LogP contribution in [0.1, 0.15) is 31.9 Å². The summed E-state index contributed by atoms with van der Waals surface area (Å²) in [6.07, 6.45) is 1.18. The van der Waals surface area contributed by atoms with E-state index in [0.717, 1.165) is 23.7 Å². The average molecular weight is 226 g/mol. The molecule has 1 N–H and O–H groups in total. The van der Waals surface area contributed by atoms with E-state index < -0.39 is 0 Å². The second kappa shape index (κ2) is 4.42. The lowest BCUT2D eigenvalue weighted by molar-refractivity contribution is 0.0512. The molecule has 0 unspecified atom stereocenters. The SMILES string of the molecule is CCO[C@@H]1C[C@@H](C)Nc2ccc(Cl)cc21. The Bertz CT molecular complexity index is 353. The normalized spacial score (nSPS) is 24.5. The largest absolute Gasteiger partial charge is 0.382 e. The van der Waals surface area contributed by atoms with Gasteiger partial charge in [-0.1, -0.05) is 11.6 Å². The van der Waals surface area contributed by atoms with Crippen molar-refractivity contribution in [2.75, 3.05) is 11.9 Å². The Morgan fingerprint density at radius 1 is 1.53 bits per heavy atom. The molecule has 0 aromatic heterocycles. The van der Waals surface area contributed by atoms with Gasteiger partial charge in [-0.25, -0.2) is 0 Å². The maximum Gasteiger partial charge on any atom is 0.0864 e. The zero-order valence-corrected chi connectivity index (χ0v) is 9.84. The highest BCUT2D eigenvalue weighted by Crippen LogP contribution is 2.36. The number of nitrogens with one attached hydrogen (secondary N) is 1. The molecule has 1 heterocycles. The number of ether oxygens (including phenoxy) is 1. The molecule has 82 valence electrons. The van der Waals surface area contributed by atoms with Crippen LogP contribution in [0.3, 0.4) is 0 Å². The summed E-state index contributed by atoms with van der Waals surface area (Å²) in [4.78, 5) is 0. The van der Waals surface area contributed by atoms with E-state index in [2.05, 4.69) is 12.2 Å². The third kappa shape index (κ3) is 2.27. The van der Waals surface area contributed by atoms with Crippen LogP contribution in [-0.4, -0.2) is 12.6 Å². The van der Waals surface area contributed by atoms with Crippen LogP contribution in [0.15, 0.2) is 18.2 Å². The molecule has 0 saturated carbocycles. The third-order valence-electron chi connectivity index (χ3n) is 2.70. The number of rotatable bonds is 2. The van der Waals surface area contributed by atoms with E-state index in [-0.39, 0.29) is 6.10 Å². The van der Waals surface area contributed by atoms with E-state index in [4.69, 9.17) is 16.3 Å². The summed E-state index contributed by atoms with van der Waals surface area (Å²) < 4.78 is 5.74. The van der Waals surface area contributed by atoms with E-state index in [1.54, 1.807) is 0 Å². The maximum atomic E-state index is 6.00. The molecule has 15 heavy (non-hydrogen) atoms. The number of fused-ring (bicyclic) bond motifs is 1. The predicted molar refractivity (Wildman–Crippen MR) is 63.5 cm³/mol. The van der Waals surface area contributed by atoms with Crippen molar-refractivity contribution < 1.29 is 4.74 Å². The fourth-order valence-electron chi connectivity index (χ4n) is 2.06. The Morgan fingerprint density at radius 3 is 3.07 bits per heavy atom. The van der Waals surface area contributed by atoms with Gasteiger partial charge in [-0.05, 0) is 38.5 Å². The van der Waals surface area contributed by atoms with Gasteiger partial charge in [0.05, 0.1) is 6.10 Å². The van der Waals surface area contributed by atoms with Gasteiger partial charge >= 0.3 is 0 Å². The molecule has 2 rings (SSSR count). The first kappa shape index (κ1) is 10.8. The van der Waals surface area contributed by atoms with Gasteiger partial charge in [-0.3, -0.25) is 0 Å². The summed E-state index contributed by atoms with van der Waals surface area (Å²) in [6.45, 7) is 4.93. The zero-order valence-electron chi connectivity index (χ0n) is 9.09. The fourth-order valence-corrected chi connectivity index (χ4v) is 2.24. The molecular weight excluding hydrogens is 210 g/mol. The van der Waals surface area contributed by atoms with Gasteiger partial charge in [-0.2, -0.15) is 0 Å². The van der Waals surface area contributed by atoms with Crippen LogP contribution in [0.5, 0.6) is 0 Å². The average Bonchev–Trinajstić information content (AvgIpc) is 2.19. The van der Waals surface area contributed by atoms with Crippen LogP contribution in [0.25, 0.3) is 0 Å². The summed E-state index contributed by atoms with van der Waals surface area (Å²) in [5.41, 5.74) is 2.33. The highest BCUT2D eigenvalue weighted by Gasteiger charge is 2.24. The molecule has 0 spiro atoms. The van der Waals surface area contributed by atoms with Crippen LogP contribution in [0, 0.1) is 0 Å². The second-order valence-corrected chi connectivity index (χ2v) is 4.39. The smallest absolute Gasteiger partial charge is 0.0864 e. The standard InChI is InChI=1S/C12H16ClNO/c1-3-15-12-6-8(2)14-11-5-4-9(13)7-10(11)12/h4-5,7-8,12,14H,3,6H2,1-2H3/t8-,12-/m1/s1. The van der Waals surface area contributed by atoms with Crippen LogP contribution in [-0.2, 0) is 4.74 Å². The minimum Gasteiger partial charge on any atom is -0.382 e. The third-order valence-corrected chi connectivity index (χ3v) is 2.93. The van der Waals surface area contributed by atoms with Crippen LogP contribution >= 0.6 is 11.6 Å². The Labute approximate surface area is 95.6 Å². The van der Waals surface area contributed by atoms with E-state index in [9.17, 15) is 0 Å². The van der Waals surface area contributed by atoms with Crippen molar-refractivity contribution in [3.63, 3.8) is 0 Å². The van der Waals surface area contributed by atoms with Crippen LogP contribution < -0.4 is 5.32 Å². The topological polar surface area (TPSA) is 21.3 Å². The lowest BCUT2D eigenvalue weighted by atomic mass is 9.96. The summed E-state index contributed by atoms with van der Waals surface area (Å²) in [6, 6.07) is 6.39. The van der Waals surface area contributed by atoms with E-state index in [1.807, 2.05) is 25.1 Å². The number of anilines is 1. The van der Waals surface area contributed by atoms with Gasteiger partial charge in [0.2, 0.25) is 0 Å². The van der Waals surface area contributed by atoms with E-state index >= 15 is 0 Å². The Balaban J connectivity index is 2.34. The van der Waals surface area contributed by atoms with Crippen molar-refractivity contribution in [2.24, 2.45) is 0 Å². The van der Waals surface area contributed by atoms with Gasteiger partial charge < -0.3 is 10.1 Å². The van der Waals surface area contributed by atoms with Gasteiger partial charge in [0.1, 0.15) is 0 Å². The molecule has 1 aliphatic rings. The quantitative estimate of drug-likeness (QED) is 0.830. The van der Waals surface area contributed by atoms with Crippen molar-refractivity contribution >= 4 is 17.3 Å². The first-order valence-electron chi connectivity index (χ1n) is 5.38. The minimum absolute atomic E-state index is 0.181. The first-order valence-corrected chi connectivity index (χ1v) is 5.76. The summed E-state index contributed by atoms with van der Waals surface area (Å²) in [5, 5.41) is 4.21. The highest BCUT2D eigenvalue weighted by atomic mass is 35.5. The molecule has 2 nitrogen and oxygen atoms in total. The number of benzene rings is 1. The van der Waals surface area contributed by atoms with Crippen molar-refractivity contribution in [2.45, 2.75) is 32.4 Å². The van der Waals surface area contributed by atoms with Gasteiger partial charge in [0.15, 0.2) is 0 Å². The molecule has 2 atom stereocenters. The summed E-state index contributed by atoms with van der Waals surface area (Å²) >= 11 is 6.00. The zero-order chi connectivity index (χ0) is 10.8. The molecule has 1 aromatic carbocycles. The van der Waals surface area contributed by atoms with Crippen LogP contribution in [0.2, 0.25) is 5.02 Å². The van der Waals surface area contributed by atoms with Crippen molar-refractivity contribution in [3.8, 4) is 0 Å². The minimum atomic E-state index is 0.181. The molecule has 0 amide bonds. The lowest BCUT2D eigenvalue weighted by Crippen LogP contribution is -2.26. The summed E-state index contributed by atoms with van der Waals surface area (Å²) in [7, 11) is 0. The Morgan fingerprint density at radius 2 is 2.33 bits per heavy atom. The number of halogens is 1. The van der Waals surface area contributed by atoms with Gasteiger partial charge in [0.25, 0.3) is 0 Å². The Hall–Kier alpha value is -0.730. The first-order chi connectivity index (χ1) is 7.20. The monoisotopic (exact) mass is 225 g/mol. The molecular formula is C12H16ClNO. The fraction of sp³-hybridized carbons (Fsp3) is 0.500. The van der Waals surface area contributed by atoms with Crippen molar-refractivity contribution in [3.05, 3.63) is 28.8 Å². The van der Waals surface area contributed by atoms with Gasteiger partial charge in [0, 0.05) is 28.9 Å². The second-order valence-electron chi connectivity index (χ2n) is 3.96. The summed E-state index contributed by atoms with van der Waals surface area (Å²) in [5.74, 6) is 0. The molecule has 0 aliphatic carbocycles. The molecule has 0 bridgehead atoms. The Kier molecular flexibility index (Phi) is 3.17. The number of hydrogen-bond donors (Lipinski definition) is 1. The van der Waals surface area contributed by atoms with Crippen LogP contribution in [0.4, 0.5) is 5.69 Å². The van der Waals surface area contributed by atoms with Crippen molar-refractivity contribution in [1.29, 1.82) is 0 Å². The van der Waals surface area contributed by atoms with Gasteiger partial charge in [-0.15, -0.1) is 0 Å². The highest BCUT2D eigenvalue weighted by molar-refractivity contribution is 6.30. The van der Waals surface area contributed by atoms with E-state index in [1.165, 1.54) is 5.56 Å². The molecule has 0 fully saturated rings. The molecule has 0 saturated heterocycles. The molecule has 0 radical (unpaired) electrons. The number of hydrogen-bond acceptors (Lipinski definition) is 2. The lowest BCUT2D eigenvalue weighted by Gasteiger charge is -2.31. The molecule has 3 heteroatoms. The molecule has 1 aromatic rings. The maximum absolute atomic E-state index is 6.00. The predicted octanol–water partition coefficient (Wildman–Crippen LogP) is 3.62. The van der Waals surface area contributed by atoms with E-state index in [0.29, 0.717) is 6.04 Å². The molecule has 1 aliphatic heterocycles. The van der Waals surface area contributed by atoms with Crippen molar-refractivity contribution in [1.82, 2.24) is 0 Å².